The summed E-state index contributed by atoms with van der Waals surface area (Å²) in [6.45, 7) is 0.182. The zero-order valence-electron chi connectivity index (χ0n) is 13.6. The molecular weight excluding hydrogens is 336 g/mol. The predicted molar refractivity (Wildman–Crippen MR) is 91.2 cm³/mol. The molecule has 0 saturated carbocycles. The predicted octanol–water partition coefficient (Wildman–Crippen LogP) is -3.52. The molecule has 3 atom stereocenters. The molecule has 0 aliphatic rings. The molecule has 0 amide bonds. The molecule has 0 heterocycles. The molecule has 25 heavy (non-hydrogen) atoms. The highest BCUT2D eigenvalue weighted by Gasteiger charge is 2.06. The van der Waals surface area contributed by atoms with Gasteiger partial charge in [0, 0.05) is 0 Å². The second kappa shape index (κ2) is 14.9. The molecule has 0 rings (SSSR count). The van der Waals surface area contributed by atoms with Gasteiger partial charge in [-0.1, -0.05) is 12.2 Å². The maximum absolute atomic E-state index is 10.2. The van der Waals surface area contributed by atoms with Crippen molar-refractivity contribution in [2.45, 2.75) is 18.1 Å². The third-order valence-corrected chi connectivity index (χ3v) is 2.22. The van der Waals surface area contributed by atoms with Crippen molar-refractivity contribution in [1.82, 2.24) is 0 Å². The van der Waals surface area contributed by atoms with Crippen molar-refractivity contribution in [3.63, 3.8) is 0 Å². The van der Waals surface area contributed by atoms with Gasteiger partial charge < -0.3 is 48.7 Å². The molecule has 0 spiro atoms. The Balaban J connectivity index is 0. The van der Waals surface area contributed by atoms with Crippen LogP contribution >= 0.6 is 0 Å². The van der Waals surface area contributed by atoms with Crippen molar-refractivity contribution in [3.8, 4) is 0 Å². The minimum Gasteiger partial charge on any atom is -0.500 e. The average Bonchev–Trinajstić information content (AvgIpc) is 2.54. The Labute approximate surface area is 144 Å². The summed E-state index contributed by atoms with van der Waals surface area (Å²) in [6, 6.07) is -2.55. The van der Waals surface area contributed by atoms with E-state index in [9.17, 15) is 9.59 Å². The monoisotopic (exact) mass is 362 g/mol. The lowest BCUT2D eigenvalue weighted by molar-refractivity contribution is -0.138. The molecule has 13 N–H and O–H groups in total. The Morgan fingerprint density at radius 3 is 2.00 bits per heavy atom. The van der Waals surface area contributed by atoms with E-state index in [1.807, 2.05) is 0 Å². The number of carboxylic acid groups (broad SMARTS) is 2. The minimum atomic E-state index is -1.13. The highest BCUT2D eigenvalue weighted by Crippen LogP contribution is 1.86. The minimum absolute atomic E-state index is 0.0384. The Morgan fingerprint density at radius 1 is 1.04 bits per heavy atom. The molecular formula is C13H26N6O6. The van der Waals surface area contributed by atoms with Gasteiger partial charge in [0.2, 0.25) is 0 Å². The Hall–Kier alpha value is -2.67. The lowest BCUT2D eigenvalue weighted by atomic mass is 10.3. The van der Waals surface area contributed by atoms with E-state index in [4.69, 9.17) is 48.7 Å². The van der Waals surface area contributed by atoms with Crippen molar-refractivity contribution >= 4 is 17.9 Å². The van der Waals surface area contributed by atoms with E-state index >= 15 is 0 Å². The van der Waals surface area contributed by atoms with Crippen molar-refractivity contribution in [1.29, 1.82) is 0 Å². The summed E-state index contributed by atoms with van der Waals surface area (Å²) >= 11 is 0. The van der Waals surface area contributed by atoms with Gasteiger partial charge in [-0.25, -0.2) is 4.99 Å². The van der Waals surface area contributed by atoms with Crippen LogP contribution in [0.1, 0.15) is 0 Å². The van der Waals surface area contributed by atoms with Crippen molar-refractivity contribution in [2.75, 3.05) is 19.8 Å². The molecule has 0 aromatic heterocycles. The number of nitrogens with zero attached hydrogens (tertiary/aromatic N) is 1. The standard InChI is InChI=1S/C7H14N2O4.C6H12N4O2/c8-5(3-10)4-13-2-1-6(9)7(11)12;7-4(5(11)12)2-1-3-10-6(8)9/h1-2,5-6,10H,3-4,8-9H2,(H,11,12);1-2,4H,3,7H2,(H,11,12)(H4,8,9,10)/b2*2-1+/t5-,6+;4-/m10/s1. The Morgan fingerprint density at radius 2 is 1.56 bits per heavy atom. The van der Waals surface area contributed by atoms with Crippen LogP contribution in [0, 0.1) is 0 Å². The van der Waals surface area contributed by atoms with Crippen LogP contribution in [-0.4, -0.2) is 71.1 Å². The van der Waals surface area contributed by atoms with Gasteiger partial charge in [-0.15, -0.1) is 0 Å². The summed E-state index contributed by atoms with van der Waals surface area (Å²) in [5.41, 5.74) is 25.6. The molecule has 12 heteroatoms. The summed E-state index contributed by atoms with van der Waals surface area (Å²) in [5.74, 6) is -2.26. The van der Waals surface area contributed by atoms with Crippen LogP contribution in [0.2, 0.25) is 0 Å². The van der Waals surface area contributed by atoms with E-state index in [1.54, 1.807) is 0 Å². The molecule has 0 aliphatic heterocycles. The average molecular weight is 362 g/mol. The number of hydrogen-bond donors (Lipinski definition) is 8. The van der Waals surface area contributed by atoms with Crippen molar-refractivity contribution in [2.24, 2.45) is 33.7 Å². The van der Waals surface area contributed by atoms with Gasteiger partial charge in [0.15, 0.2) is 5.96 Å². The van der Waals surface area contributed by atoms with Crippen LogP contribution in [0.25, 0.3) is 0 Å². The van der Waals surface area contributed by atoms with Gasteiger partial charge in [0.25, 0.3) is 0 Å². The quantitative estimate of drug-likeness (QED) is 0.0818. The number of aliphatic imine (C=N–C) groups is 1. The molecule has 0 unspecified atom stereocenters. The number of ether oxygens (including phenoxy) is 1. The number of hydrogen-bond acceptors (Lipinski definition) is 8. The maximum atomic E-state index is 10.2. The second-order valence-corrected chi connectivity index (χ2v) is 4.53. The highest BCUT2D eigenvalue weighted by atomic mass is 16.5. The Kier molecular flexibility index (Phi) is 14.6. The van der Waals surface area contributed by atoms with Crippen LogP contribution in [0.3, 0.4) is 0 Å². The zero-order valence-corrected chi connectivity index (χ0v) is 13.6. The summed E-state index contributed by atoms with van der Waals surface area (Å²) in [7, 11) is 0. The van der Waals surface area contributed by atoms with E-state index in [-0.39, 0.29) is 25.7 Å². The molecule has 0 fully saturated rings. The first-order valence-electron chi connectivity index (χ1n) is 6.95. The van der Waals surface area contributed by atoms with E-state index in [0.717, 1.165) is 6.26 Å². The normalized spacial score (nSPS) is 14.2. The number of aliphatic hydroxyl groups excluding tert-OH is 1. The fourth-order valence-electron chi connectivity index (χ4n) is 0.902. The third-order valence-electron chi connectivity index (χ3n) is 2.22. The summed E-state index contributed by atoms with van der Waals surface area (Å²) in [6.07, 6.45) is 5.15. The SMILES string of the molecule is NC(N)=NC/C=C/[C@H](N)C(=O)O.N[C@H](CO)CO/C=C/[C@H](N)C(=O)O. The molecule has 0 aromatic rings. The Bertz CT molecular complexity index is 478. The molecule has 0 bridgehead atoms. The van der Waals surface area contributed by atoms with Crippen LogP contribution in [0.5, 0.6) is 0 Å². The first kappa shape index (κ1) is 24.6. The van der Waals surface area contributed by atoms with E-state index in [1.165, 1.54) is 18.2 Å². The molecule has 12 nitrogen and oxygen atoms in total. The van der Waals surface area contributed by atoms with Crippen LogP contribution in [0.15, 0.2) is 29.5 Å². The molecule has 0 radical (unpaired) electrons. The zero-order chi connectivity index (χ0) is 19.8. The number of aliphatic carboxylic acids is 2. The summed E-state index contributed by atoms with van der Waals surface area (Å²) < 4.78 is 4.80. The first-order chi connectivity index (χ1) is 11.6. The number of carbonyl (C=O) groups is 2. The first-order valence-corrected chi connectivity index (χ1v) is 6.95. The van der Waals surface area contributed by atoms with Gasteiger partial charge >= 0.3 is 11.9 Å². The number of carboxylic acids is 2. The van der Waals surface area contributed by atoms with Gasteiger partial charge in [0.1, 0.15) is 18.7 Å². The largest absolute Gasteiger partial charge is 0.500 e. The number of guanidine groups is 1. The van der Waals surface area contributed by atoms with Crippen LogP contribution in [-0.2, 0) is 14.3 Å². The number of nitrogens with two attached hydrogens (primary N) is 5. The fourth-order valence-corrected chi connectivity index (χ4v) is 0.902. The molecule has 0 saturated heterocycles. The van der Waals surface area contributed by atoms with Crippen molar-refractivity contribution in [3.05, 3.63) is 24.5 Å². The van der Waals surface area contributed by atoms with Crippen LogP contribution < -0.4 is 28.7 Å². The van der Waals surface area contributed by atoms with E-state index in [2.05, 4.69) is 4.99 Å². The van der Waals surface area contributed by atoms with Gasteiger partial charge in [-0.05, 0) is 6.08 Å². The van der Waals surface area contributed by atoms with Crippen LogP contribution in [0.4, 0.5) is 0 Å². The lowest BCUT2D eigenvalue weighted by Gasteiger charge is -2.06. The van der Waals surface area contributed by atoms with Crippen molar-refractivity contribution < 1.29 is 29.6 Å². The lowest BCUT2D eigenvalue weighted by Crippen LogP contribution is -2.30. The van der Waals surface area contributed by atoms with E-state index < -0.39 is 30.1 Å². The van der Waals surface area contributed by atoms with Gasteiger partial charge in [-0.3, -0.25) is 9.59 Å². The maximum Gasteiger partial charge on any atom is 0.324 e. The topological polar surface area (TPSA) is 247 Å². The third kappa shape index (κ3) is 17.5. The number of rotatable bonds is 10. The van der Waals surface area contributed by atoms with E-state index in [0.29, 0.717) is 0 Å². The van der Waals surface area contributed by atoms with Gasteiger partial charge in [-0.2, -0.15) is 0 Å². The summed E-state index contributed by atoms with van der Waals surface area (Å²) in [5, 5.41) is 25.2. The highest BCUT2D eigenvalue weighted by molar-refractivity contribution is 5.76. The smallest absolute Gasteiger partial charge is 0.324 e. The second-order valence-electron chi connectivity index (χ2n) is 4.53. The molecule has 144 valence electrons. The fraction of sp³-hybridized carbons (Fsp3) is 0.462. The summed E-state index contributed by atoms with van der Waals surface area (Å²) in [4.78, 5) is 23.9. The molecule has 0 aromatic carbocycles. The van der Waals surface area contributed by atoms with Gasteiger partial charge in [0.05, 0.1) is 25.5 Å². The number of aliphatic hydroxyl groups is 1. The molecule has 0 aliphatic carbocycles.